The highest BCUT2D eigenvalue weighted by Crippen LogP contribution is 2.39. The molecule has 1 aliphatic rings. The van der Waals surface area contributed by atoms with E-state index in [1.54, 1.807) is 12.4 Å². The lowest BCUT2D eigenvalue weighted by atomic mass is 9.85. The summed E-state index contributed by atoms with van der Waals surface area (Å²) in [7, 11) is 0. The van der Waals surface area contributed by atoms with Crippen molar-refractivity contribution in [3.63, 3.8) is 0 Å². The van der Waals surface area contributed by atoms with Gasteiger partial charge in [-0.1, -0.05) is 18.2 Å². The van der Waals surface area contributed by atoms with Crippen LogP contribution in [-0.2, 0) is 11.2 Å². The van der Waals surface area contributed by atoms with E-state index in [0.717, 1.165) is 16.9 Å². The highest BCUT2D eigenvalue weighted by atomic mass is 16.6. The minimum Gasteiger partial charge on any atom is -0.356 e. The summed E-state index contributed by atoms with van der Waals surface area (Å²) in [5.41, 5.74) is 3.04. The summed E-state index contributed by atoms with van der Waals surface area (Å²) < 4.78 is 0. The first-order valence-electron chi connectivity index (χ1n) is 10.7. The number of fused-ring (bicyclic) bond motifs is 1. The van der Waals surface area contributed by atoms with E-state index in [1.807, 2.05) is 42.5 Å². The van der Waals surface area contributed by atoms with Gasteiger partial charge in [0.15, 0.2) is 5.78 Å². The minimum absolute atomic E-state index is 0.0365. The molecule has 1 unspecified atom stereocenters. The van der Waals surface area contributed by atoms with Gasteiger partial charge in [0.05, 0.1) is 29.4 Å². The zero-order valence-corrected chi connectivity index (χ0v) is 18.4. The van der Waals surface area contributed by atoms with E-state index >= 15 is 0 Å². The Morgan fingerprint density at radius 2 is 1.88 bits per heavy atom. The molecule has 9 heteroatoms. The lowest BCUT2D eigenvalue weighted by Crippen LogP contribution is -2.46. The zero-order valence-electron chi connectivity index (χ0n) is 18.4. The van der Waals surface area contributed by atoms with Crippen LogP contribution in [-0.4, -0.2) is 38.7 Å². The Kier molecular flexibility index (Phi) is 5.95. The van der Waals surface area contributed by atoms with Crippen LogP contribution in [0, 0.1) is 16.0 Å². The number of nitrogens with one attached hydrogen (secondary N) is 3. The lowest BCUT2D eigenvalue weighted by Gasteiger charge is -2.23. The number of nitrogens with zero attached hydrogens (tertiary/aromatic N) is 2. The summed E-state index contributed by atoms with van der Waals surface area (Å²) >= 11 is 0. The van der Waals surface area contributed by atoms with Crippen LogP contribution in [0.5, 0.6) is 0 Å². The number of aromatic nitrogens is 2. The van der Waals surface area contributed by atoms with Gasteiger partial charge in [-0.2, -0.15) is 0 Å². The molecule has 2 heterocycles. The predicted molar refractivity (Wildman–Crippen MR) is 124 cm³/mol. The number of benzene rings is 1. The van der Waals surface area contributed by atoms with E-state index in [9.17, 15) is 19.7 Å². The maximum Gasteiger partial charge on any atom is 0.233 e. The molecule has 9 nitrogen and oxygen atoms in total. The zero-order chi connectivity index (χ0) is 23.6. The Labute approximate surface area is 190 Å². The van der Waals surface area contributed by atoms with Crippen molar-refractivity contribution in [3.8, 4) is 11.3 Å². The first-order valence-corrected chi connectivity index (χ1v) is 10.7. The van der Waals surface area contributed by atoms with Gasteiger partial charge in [0.25, 0.3) is 0 Å². The summed E-state index contributed by atoms with van der Waals surface area (Å²) in [6, 6.07) is 13.2. The number of para-hydroxylation sites is 1. The van der Waals surface area contributed by atoms with Crippen molar-refractivity contribution in [1.82, 2.24) is 15.3 Å². The fourth-order valence-electron chi connectivity index (χ4n) is 3.88. The third-order valence-electron chi connectivity index (χ3n) is 5.81. The summed E-state index contributed by atoms with van der Waals surface area (Å²) in [6.07, 6.45) is 3.72. The summed E-state index contributed by atoms with van der Waals surface area (Å²) in [5, 5.41) is 17.1. The topological polar surface area (TPSA) is 130 Å². The molecule has 0 spiro atoms. The summed E-state index contributed by atoms with van der Waals surface area (Å²) in [5.74, 6) is -1.11. The number of rotatable bonds is 7. The van der Waals surface area contributed by atoms with Crippen molar-refractivity contribution in [2.75, 3.05) is 11.9 Å². The van der Waals surface area contributed by atoms with Gasteiger partial charge in [-0.25, -0.2) is 0 Å². The van der Waals surface area contributed by atoms with E-state index in [0.29, 0.717) is 23.4 Å². The van der Waals surface area contributed by atoms with Crippen LogP contribution in [0.1, 0.15) is 36.3 Å². The molecule has 4 rings (SSSR count). The predicted octanol–water partition coefficient (Wildman–Crippen LogP) is 3.74. The van der Waals surface area contributed by atoms with Gasteiger partial charge in [0, 0.05) is 61.0 Å². The smallest absolute Gasteiger partial charge is 0.233 e. The standard InChI is InChI=1S/C24H25N5O4/c1-24(2,29(32)33)14-26-23(31)16-12-18-20(19(30)13-16)22(27-17-6-4-3-5-7-17)21(28-18)15-8-10-25-11-9-15/h3-11,16,27-28H,12-14H2,1-2H3,(H,26,31). The van der Waals surface area contributed by atoms with Crippen molar-refractivity contribution in [1.29, 1.82) is 0 Å². The van der Waals surface area contributed by atoms with Gasteiger partial charge in [-0.05, 0) is 24.3 Å². The summed E-state index contributed by atoms with van der Waals surface area (Å²) in [6.45, 7) is 2.79. The van der Waals surface area contributed by atoms with Gasteiger partial charge in [-0.15, -0.1) is 0 Å². The fourth-order valence-corrected chi connectivity index (χ4v) is 3.88. The van der Waals surface area contributed by atoms with E-state index in [1.165, 1.54) is 13.8 Å². The second-order valence-corrected chi connectivity index (χ2v) is 8.77. The molecule has 0 bridgehead atoms. The van der Waals surface area contributed by atoms with Crippen molar-refractivity contribution in [2.24, 2.45) is 5.92 Å². The largest absolute Gasteiger partial charge is 0.356 e. The molecule has 1 atom stereocenters. The molecular formula is C24H25N5O4. The molecular weight excluding hydrogens is 422 g/mol. The van der Waals surface area contributed by atoms with Gasteiger partial charge in [-0.3, -0.25) is 24.7 Å². The average Bonchev–Trinajstić information content (AvgIpc) is 3.17. The molecule has 170 valence electrons. The molecule has 0 saturated carbocycles. The molecule has 2 aromatic heterocycles. The Bertz CT molecular complexity index is 1190. The van der Waals surface area contributed by atoms with Crippen LogP contribution in [0.25, 0.3) is 11.3 Å². The molecule has 0 saturated heterocycles. The second-order valence-electron chi connectivity index (χ2n) is 8.77. The summed E-state index contributed by atoms with van der Waals surface area (Å²) in [4.78, 5) is 44.1. The maximum atomic E-state index is 13.2. The first-order chi connectivity index (χ1) is 15.8. The molecule has 1 amide bonds. The SMILES string of the molecule is CC(C)(CNC(=O)C1CC(=O)c2c([nH]c(-c3ccncc3)c2Nc2ccccc2)C1)[N+](=O)[O-]. The highest BCUT2D eigenvalue weighted by Gasteiger charge is 2.37. The van der Waals surface area contributed by atoms with Crippen LogP contribution in [0.15, 0.2) is 54.9 Å². The van der Waals surface area contributed by atoms with Gasteiger partial charge in [0.2, 0.25) is 11.4 Å². The van der Waals surface area contributed by atoms with Gasteiger partial charge < -0.3 is 15.6 Å². The Morgan fingerprint density at radius 3 is 2.55 bits per heavy atom. The van der Waals surface area contributed by atoms with E-state index in [-0.39, 0.29) is 24.7 Å². The molecule has 3 aromatic rings. The number of hydrogen-bond donors (Lipinski definition) is 3. The van der Waals surface area contributed by atoms with E-state index in [2.05, 4.69) is 20.6 Å². The monoisotopic (exact) mass is 447 g/mol. The van der Waals surface area contributed by atoms with Crippen LogP contribution in [0.3, 0.4) is 0 Å². The van der Waals surface area contributed by atoms with Gasteiger partial charge >= 0.3 is 0 Å². The van der Waals surface area contributed by atoms with Crippen LogP contribution < -0.4 is 10.6 Å². The number of pyridine rings is 1. The van der Waals surface area contributed by atoms with Gasteiger partial charge in [0.1, 0.15) is 0 Å². The lowest BCUT2D eigenvalue weighted by molar-refractivity contribution is -0.557. The number of carbonyl (C=O) groups excluding carboxylic acids is 2. The van der Waals surface area contributed by atoms with Crippen molar-refractivity contribution < 1.29 is 14.5 Å². The van der Waals surface area contributed by atoms with Crippen molar-refractivity contribution in [2.45, 2.75) is 32.2 Å². The van der Waals surface area contributed by atoms with Crippen LogP contribution >= 0.6 is 0 Å². The number of aromatic amines is 1. The maximum absolute atomic E-state index is 13.2. The molecule has 0 aliphatic heterocycles. The third-order valence-corrected chi connectivity index (χ3v) is 5.81. The number of carbonyl (C=O) groups is 2. The Hall–Kier alpha value is -4.01. The number of Topliss-reactive ketones (excluding diaryl/α,β-unsaturated/α-hetero) is 1. The molecule has 0 radical (unpaired) electrons. The number of ketones is 1. The quantitative estimate of drug-likeness (QED) is 0.374. The third kappa shape index (κ3) is 4.62. The molecule has 1 aliphatic carbocycles. The Balaban J connectivity index is 1.64. The van der Waals surface area contributed by atoms with E-state index in [4.69, 9.17) is 0 Å². The fraction of sp³-hybridized carbons (Fsp3) is 0.292. The van der Waals surface area contributed by atoms with Crippen LogP contribution in [0.4, 0.5) is 11.4 Å². The minimum atomic E-state index is -1.28. The number of H-pyrrole nitrogens is 1. The number of nitro groups is 1. The molecule has 3 N–H and O–H groups in total. The number of amides is 1. The average molecular weight is 447 g/mol. The normalized spacial score (nSPS) is 15.6. The first kappa shape index (κ1) is 22.2. The molecule has 1 aromatic carbocycles. The molecule has 0 fully saturated rings. The number of anilines is 2. The van der Waals surface area contributed by atoms with E-state index < -0.39 is 16.4 Å². The second kappa shape index (κ2) is 8.85. The highest BCUT2D eigenvalue weighted by molar-refractivity contribution is 6.09. The number of hydrogen-bond acceptors (Lipinski definition) is 6. The van der Waals surface area contributed by atoms with Crippen LogP contribution in [0.2, 0.25) is 0 Å². The molecule has 33 heavy (non-hydrogen) atoms. The van der Waals surface area contributed by atoms with Crippen molar-refractivity contribution >= 4 is 23.1 Å². The van der Waals surface area contributed by atoms with Crippen molar-refractivity contribution in [3.05, 3.63) is 76.2 Å². The Morgan fingerprint density at radius 1 is 1.18 bits per heavy atom.